The van der Waals surface area contributed by atoms with Crippen molar-refractivity contribution in [1.82, 2.24) is 4.90 Å². The Morgan fingerprint density at radius 2 is 1.85 bits per heavy atom. The second-order valence-corrected chi connectivity index (χ2v) is 6.77. The minimum atomic E-state index is -0.205. The van der Waals surface area contributed by atoms with Gasteiger partial charge in [0.15, 0.2) is 0 Å². The molecule has 0 bridgehead atoms. The molecule has 0 aliphatic carbocycles. The van der Waals surface area contributed by atoms with Crippen molar-refractivity contribution in [1.29, 1.82) is 0 Å². The van der Waals surface area contributed by atoms with Gasteiger partial charge in [0.05, 0.1) is 11.2 Å². The first-order valence-electron chi connectivity index (χ1n) is 7.18. The fraction of sp³-hybridized carbons (Fsp3) is 0.625. The topological polar surface area (TPSA) is 24.5 Å². The number of nitrogens with zero attached hydrogens (tertiary/aromatic N) is 1. The molecule has 3 nitrogen and oxygen atoms in total. The first-order valence-corrected chi connectivity index (χ1v) is 7.18. The molecule has 0 amide bonds. The molecular weight excluding hydrogens is 255 g/mol. The van der Waals surface area contributed by atoms with Gasteiger partial charge in [-0.15, -0.1) is 0 Å². The lowest BCUT2D eigenvalue weighted by Crippen LogP contribution is -2.57. The molecule has 1 aromatic rings. The molecule has 2 rings (SSSR count). The Balaban J connectivity index is 1.84. The van der Waals surface area contributed by atoms with Crippen molar-refractivity contribution >= 4 is 5.69 Å². The summed E-state index contributed by atoms with van der Waals surface area (Å²) in [5.41, 5.74) is 0.582. The smallest absolute Gasteiger partial charge is 0.125 e. The van der Waals surface area contributed by atoms with Crippen molar-refractivity contribution in [3.8, 4) is 0 Å². The summed E-state index contributed by atoms with van der Waals surface area (Å²) in [6, 6.07) is 6.58. The second-order valence-electron chi connectivity index (χ2n) is 6.77. The van der Waals surface area contributed by atoms with Crippen molar-refractivity contribution < 1.29 is 9.13 Å². The summed E-state index contributed by atoms with van der Waals surface area (Å²) in [5, 5.41) is 3.26. The van der Waals surface area contributed by atoms with Crippen LogP contribution in [0.1, 0.15) is 27.7 Å². The third-order valence-electron chi connectivity index (χ3n) is 3.34. The number of ether oxygens (including phenoxy) is 1. The first-order chi connectivity index (χ1) is 9.26. The van der Waals surface area contributed by atoms with Crippen molar-refractivity contribution in [2.75, 3.05) is 31.5 Å². The monoisotopic (exact) mass is 280 g/mol. The van der Waals surface area contributed by atoms with Crippen LogP contribution in [0.3, 0.4) is 0 Å². The number of morpholine rings is 1. The molecule has 1 aliphatic heterocycles. The molecule has 0 spiro atoms. The first kappa shape index (κ1) is 15.3. The van der Waals surface area contributed by atoms with Gasteiger partial charge in [0.1, 0.15) is 5.82 Å². The van der Waals surface area contributed by atoms with E-state index in [0.717, 1.165) is 31.9 Å². The standard InChI is InChI=1S/C16H25FN2O/c1-15(2)11-19(12-16(3,4)20-15)9-8-18-14-7-5-6-13(17)10-14/h5-7,10,18H,8-9,11-12H2,1-4H3. The third kappa shape index (κ3) is 4.46. The fourth-order valence-corrected chi connectivity index (χ4v) is 3.06. The highest BCUT2D eigenvalue weighted by Gasteiger charge is 2.37. The highest BCUT2D eigenvalue weighted by Crippen LogP contribution is 2.27. The van der Waals surface area contributed by atoms with Crippen LogP contribution in [0.5, 0.6) is 0 Å². The van der Waals surface area contributed by atoms with E-state index in [9.17, 15) is 4.39 Å². The Hall–Kier alpha value is -1.13. The summed E-state index contributed by atoms with van der Waals surface area (Å²) < 4.78 is 19.1. The molecule has 1 aliphatic rings. The maximum Gasteiger partial charge on any atom is 0.125 e. The Kier molecular flexibility index (Phi) is 4.35. The van der Waals surface area contributed by atoms with Gasteiger partial charge in [-0.2, -0.15) is 0 Å². The summed E-state index contributed by atoms with van der Waals surface area (Å²) in [5.74, 6) is -0.205. The SMILES string of the molecule is CC1(C)CN(CCNc2cccc(F)c2)CC(C)(C)O1. The molecule has 20 heavy (non-hydrogen) atoms. The van der Waals surface area contributed by atoms with E-state index in [1.54, 1.807) is 6.07 Å². The average Bonchev–Trinajstić information content (AvgIpc) is 2.24. The minimum absolute atomic E-state index is 0.124. The third-order valence-corrected chi connectivity index (χ3v) is 3.34. The van der Waals surface area contributed by atoms with E-state index < -0.39 is 0 Å². The van der Waals surface area contributed by atoms with E-state index in [1.165, 1.54) is 12.1 Å². The number of benzene rings is 1. The van der Waals surface area contributed by atoms with Crippen LogP contribution in [-0.2, 0) is 4.74 Å². The van der Waals surface area contributed by atoms with Crippen LogP contribution in [0.4, 0.5) is 10.1 Å². The molecule has 0 radical (unpaired) electrons. The van der Waals surface area contributed by atoms with Crippen molar-refractivity contribution in [3.63, 3.8) is 0 Å². The van der Waals surface area contributed by atoms with Gasteiger partial charge in [-0.3, -0.25) is 4.90 Å². The van der Waals surface area contributed by atoms with Crippen molar-refractivity contribution in [2.45, 2.75) is 38.9 Å². The predicted octanol–water partition coefficient (Wildman–Crippen LogP) is 3.13. The van der Waals surface area contributed by atoms with Crippen LogP contribution in [0.2, 0.25) is 0 Å². The lowest BCUT2D eigenvalue weighted by molar-refractivity contribution is -0.179. The number of anilines is 1. The highest BCUT2D eigenvalue weighted by atomic mass is 19.1. The molecular formula is C16H25FN2O. The predicted molar refractivity (Wildman–Crippen MR) is 80.6 cm³/mol. The molecule has 1 fully saturated rings. The quantitative estimate of drug-likeness (QED) is 0.917. The zero-order valence-corrected chi connectivity index (χ0v) is 12.9. The van der Waals surface area contributed by atoms with Gasteiger partial charge in [-0.1, -0.05) is 6.07 Å². The second kappa shape index (κ2) is 5.70. The number of hydrogen-bond acceptors (Lipinski definition) is 3. The lowest BCUT2D eigenvalue weighted by Gasteiger charge is -2.47. The molecule has 1 N–H and O–H groups in total. The molecule has 0 atom stereocenters. The Morgan fingerprint density at radius 1 is 1.20 bits per heavy atom. The Morgan fingerprint density at radius 3 is 2.45 bits per heavy atom. The van der Waals surface area contributed by atoms with Crippen molar-refractivity contribution in [2.24, 2.45) is 0 Å². The molecule has 0 aromatic heterocycles. The van der Waals surface area contributed by atoms with Crippen LogP contribution < -0.4 is 5.32 Å². The fourth-order valence-electron chi connectivity index (χ4n) is 3.06. The number of hydrogen-bond donors (Lipinski definition) is 1. The van der Waals surface area contributed by atoms with E-state index in [2.05, 4.69) is 37.9 Å². The molecule has 4 heteroatoms. The van der Waals surface area contributed by atoms with E-state index in [0.29, 0.717) is 0 Å². The number of halogens is 1. The van der Waals surface area contributed by atoms with Crippen LogP contribution in [-0.4, -0.2) is 42.3 Å². The van der Waals surface area contributed by atoms with Gasteiger partial charge < -0.3 is 10.1 Å². The van der Waals surface area contributed by atoms with E-state index >= 15 is 0 Å². The Labute approximate surface area is 121 Å². The number of nitrogens with one attached hydrogen (secondary N) is 1. The molecule has 0 saturated carbocycles. The maximum absolute atomic E-state index is 13.1. The lowest BCUT2D eigenvalue weighted by atomic mass is 9.99. The highest BCUT2D eigenvalue weighted by molar-refractivity contribution is 5.42. The van der Waals surface area contributed by atoms with E-state index in [1.807, 2.05) is 6.07 Å². The normalized spacial score (nSPS) is 21.6. The molecule has 1 heterocycles. The molecule has 1 saturated heterocycles. The van der Waals surface area contributed by atoms with E-state index in [-0.39, 0.29) is 17.0 Å². The van der Waals surface area contributed by atoms with Crippen LogP contribution in [0, 0.1) is 5.82 Å². The minimum Gasteiger partial charge on any atom is -0.384 e. The van der Waals surface area contributed by atoms with Gasteiger partial charge >= 0.3 is 0 Å². The van der Waals surface area contributed by atoms with Gasteiger partial charge in [-0.05, 0) is 45.9 Å². The van der Waals surface area contributed by atoms with Crippen LogP contribution in [0.15, 0.2) is 24.3 Å². The molecule has 1 aromatic carbocycles. The van der Waals surface area contributed by atoms with Crippen LogP contribution >= 0.6 is 0 Å². The van der Waals surface area contributed by atoms with Gasteiger partial charge in [0.25, 0.3) is 0 Å². The largest absolute Gasteiger partial charge is 0.384 e. The van der Waals surface area contributed by atoms with Gasteiger partial charge in [0.2, 0.25) is 0 Å². The van der Waals surface area contributed by atoms with E-state index in [4.69, 9.17) is 4.74 Å². The summed E-state index contributed by atoms with van der Waals surface area (Å²) in [6.45, 7) is 12.1. The number of rotatable bonds is 4. The van der Waals surface area contributed by atoms with Gasteiger partial charge in [-0.25, -0.2) is 4.39 Å². The molecule has 0 unspecified atom stereocenters. The maximum atomic E-state index is 13.1. The van der Waals surface area contributed by atoms with Crippen molar-refractivity contribution in [3.05, 3.63) is 30.1 Å². The summed E-state index contributed by atoms with van der Waals surface area (Å²) in [4.78, 5) is 2.40. The summed E-state index contributed by atoms with van der Waals surface area (Å²) in [6.07, 6.45) is 0. The Bertz CT molecular complexity index is 444. The zero-order valence-electron chi connectivity index (χ0n) is 12.9. The van der Waals surface area contributed by atoms with Crippen LogP contribution in [0.25, 0.3) is 0 Å². The average molecular weight is 280 g/mol. The summed E-state index contributed by atoms with van der Waals surface area (Å²) >= 11 is 0. The van der Waals surface area contributed by atoms with Gasteiger partial charge in [0, 0.05) is 31.9 Å². The molecule has 112 valence electrons. The summed E-state index contributed by atoms with van der Waals surface area (Å²) in [7, 11) is 0. The zero-order chi connectivity index (χ0) is 14.8.